The van der Waals surface area contributed by atoms with Gasteiger partial charge in [0.1, 0.15) is 11.4 Å². The second-order valence-corrected chi connectivity index (χ2v) is 5.49. The lowest BCUT2D eigenvalue weighted by atomic mass is 10.2. The normalized spacial score (nSPS) is 10.6. The lowest BCUT2D eigenvalue weighted by Crippen LogP contribution is -2.22. The average molecular weight is 301 g/mol. The molecule has 0 aliphatic carbocycles. The Hall–Kier alpha value is -1.26. The zero-order valence-electron chi connectivity index (χ0n) is 12.7. The summed E-state index contributed by atoms with van der Waals surface area (Å²) in [5.74, 6) is 0.848. The first kappa shape index (κ1) is 18.7. The summed E-state index contributed by atoms with van der Waals surface area (Å²) >= 11 is 0. The number of anilines is 1. The van der Waals surface area contributed by atoms with Gasteiger partial charge in [0, 0.05) is 12.1 Å². The highest BCUT2D eigenvalue weighted by Gasteiger charge is 2.11. The minimum Gasteiger partial charge on any atom is -0.488 e. The zero-order valence-corrected chi connectivity index (χ0v) is 13.5. The highest BCUT2D eigenvalue weighted by Crippen LogP contribution is 2.20. The molecular formula is C15H25ClN2O2. The van der Waals surface area contributed by atoms with Gasteiger partial charge in [-0.1, -0.05) is 0 Å². The van der Waals surface area contributed by atoms with Crippen molar-refractivity contribution in [3.05, 3.63) is 24.3 Å². The monoisotopic (exact) mass is 300 g/mol. The predicted molar refractivity (Wildman–Crippen MR) is 85.9 cm³/mol. The van der Waals surface area contributed by atoms with E-state index in [9.17, 15) is 4.79 Å². The first-order valence-corrected chi connectivity index (χ1v) is 6.64. The summed E-state index contributed by atoms with van der Waals surface area (Å²) in [5, 5.41) is 5.89. The van der Waals surface area contributed by atoms with Crippen LogP contribution in [0.3, 0.4) is 0 Å². The molecule has 0 saturated heterocycles. The molecule has 1 aromatic rings. The smallest absolute Gasteiger partial charge is 0.224 e. The Morgan fingerprint density at radius 1 is 1.20 bits per heavy atom. The second-order valence-electron chi connectivity index (χ2n) is 5.49. The fraction of sp³-hybridized carbons (Fsp3) is 0.533. The lowest BCUT2D eigenvalue weighted by Gasteiger charge is -2.21. The average Bonchev–Trinajstić information content (AvgIpc) is 2.30. The Morgan fingerprint density at radius 3 is 2.30 bits per heavy atom. The first-order chi connectivity index (χ1) is 8.90. The van der Waals surface area contributed by atoms with E-state index in [-0.39, 0.29) is 23.9 Å². The van der Waals surface area contributed by atoms with Crippen molar-refractivity contribution in [1.82, 2.24) is 5.32 Å². The largest absolute Gasteiger partial charge is 0.488 e. The number of halogens is 1. The van der Waals surface area contributed by atoms with Crippen LogP contribution < -0.4 is 15.4 Å². The highest BCUT2D eigenvalue weighted by molar-refractivity contribution is 5.90. The van der Waals surface area contributed by atoms with Crippen LogP contribution in [0.15, 0.2) is 24.3 Å². The Labute approximate surface area is 127 Å². The van der Waals surface area contributed by atoms with Gasteiger partial charge in [0.05, 0.1) is 0 Å². The molecule has 0 aromatic heterocycles. The molecule has 0 bridgehead atoms. The van der Waals surface area contributed by atoms with Gasteiger partial charge >= 0.3 is 0 Å². The molecule has 0 fully saturated rings. The second kappa shape index (κ2) is 8.82. The van der Waals surface area contributed by atoms with E-state index in [4.69, 9.17) is 4.74 Å². The van der Waals surface area contributed by atoms with Gasteiger partial charge in [0.2, 0.25) is 5.91 Å². The van der Waals surface area contributed by atoms with Crippen molar-refractivity contribution in [3.8, 4) is 5.75 Å². The summed E-state index contributed by atoms with van der Waals surface area (Å²) in [4.78, 5) is 11.6. The van der Waals surface area contributed by atoms with Crippen molar-refractivity contribution in [2.24, 2.45) is 0 Å². The predicted octanol–water partition coefficient (Wildman–Crippen LogP) is 3.22. The summed E-state index contributed by atoms with van der Waals surface area (Å²) in [5.41, 5.74) is 0.591. The molecule has 0 atom stereocenters. The van der Waals surface area contributed by atoms with Crippen molar-refractivity contribution in [3.63, 3.8) is 0 Å². The van der Waals surface area contributed by atoms with Crippen LogP contribution in [0, 0.1) is 0 Å². The van der Waals surface area contributed by atoms with Crippen LogP contribution in [0.25, 0.3) is 0 Å². The van der Waals surface area contributed by atoms with Gasteiger partial charge in [-0.15, -0.1) is 12.4 Å². The molecule has 0 radical (unpaired) electrons. The van der Waals surface area contributed by atoms with Gasteiger partial charge in [-0.2, -0.15) is 0 Å². The molecule has 0 heterocycles. The van der Waals surface area contributed by atoms with Gasteiger partial charge in [0.15, 0.2) is 0 Å². The van der Waals surface area contributed by atoms with E-state index < -0.39 is 0 Å². The van der Waals surface area contributed by atoms with E-state index in [0.717, 1.165) is 24.4 Å². The molecule has 0 spiro atoms. The Bertz CT molecular complexity index is 399. The quantitative estimate of drug-likeness (QED) is 0.793. The number of ether oxygens (including phenoxy) is 1. The van der Waals surface area contributed by atoms with Crippen molar-refractivity contribution < 1.29 is 9.53 Å². The van der Waals surface area contributed by atoms with Crippen molar-refractivity contribution in [2.75, 3.05) is 18.9 Å². The van der Waals surface area contributed by atoms with Crippen molar-refractivity contribution in [1.29, 1.82) is 0 Å². The van der Waals surface area contributed by atoms with E-state index in [1.54, 1.807) is 0 Å². The van der Waals surface area contributed by atoms with Crippen LogP contribution in [-0.4, -0.2) is 25.1 Å². The third kappa shape index (κ3) is 8.02. The Kier molecular flexibility index (Phi) is 8.26. The van der Waals surface area contributed by atoms with Gasteiger partial charge in [-0.05, 0) is 65.0 Å². The molecule has 0 unspecified atom stereocenters. The van der Waals surface area contributed by atoms with Gasteiger partial charge in [-0.25, -0.2) is 0 Å². The Balaban J connectivity index is 0.00000361. The summed E-state index contributed by atoms with van der Waals surface area (Å²) in [6.07, 6.45) is 1.37. The number of nitrogens with one attached hydrogen (secondary N) is 2. The summed E-state index contributed by atoms with van der Waals surface area (Å²) < 4.78 is 5.72. The number of carbonyl (C=O) groups is 1. The molecule has 1 rings (SSSR count). The molecule has 4 nitrogen and oxygen atoms in total. The van der Waals surface area contributed by atoms with Gasteiger partial charge in [-0.3, -0.25) is 4.79 Å². The molecule has 1 amide bonds. The summed E-state index contributed by atoms with van der Waals surface area (Å²) in [6.45, 7) is 6.87. The fourth-order valence-corrected chi connectivity index (χ4v) is 1.61. The molecule has 0 aliphatic rings. The number of hydrogen-bond donors (Lipinski definition) is 2. The topological polar surface area (TPSA) is 50.4 Å². The SMILES string of the molecule is CNCCCC(=O)Nc1ccc(OC(C)(C)C)cc1.Cl. The lowest BCUT2D eigenvalue weighted by molar-refractivity contribution is -0.116. The van der Waals surface area contributed by atoms with E-state index in [1.807, 2.05) is 52.1 Å². The molecule has 20 heavy (non-hydrogen) atoms. The fourth-order valence-electron chi connectivity index (χ4n) is 1.61. The molecular weight excluding hydrogens is 276 g/mol. The number of carbonyl (C=O) groups excluding carboxylic acids is 1. The van der Waals surface area contributed by atoms with Gasteiger partial charge < -0.3 is 15.4 Å². The minimum atomic E-state index is -0.210. The van der Waals surface area contributed by atoms with Crippen molar-refractivity contribution in [2.45, 2.75) is 39.2 Å². The maximum absolute atomic E-state index is 11.6. The highest BCUT2D eigenvalue weighted by atomic mass is 35.5. The minimum absolute atomic E-state index is 0. The summed E-state index contributed by atoms with van der Waals surface area (Å²) in [6, 6.07) is 7.46. The van der Waals surface area contributed by atoms with Gasteiger partial charge in [0.25, 0.3) is 0 Å². The van der Waals surface area contributed by atoms with Crippen LogP contribution in [0.1, 0.15) is 33.6 Å². The maximum Gasteiger partial charge on any atom is 0.224 e. The molecule has 5 heteroatoms. The molecule has 114 valence electrons. The van der Waals surface area contributed by atoms with Crippen LogP contribution in [0.4, 0.5) is 5.69 Å². The van der Waals surface area contributed by atoms with E-state index in [0.29, 0.717) is 6.42 Å². The third-order valence-corrected chi connectivity index (χ3v) is 2.39. The van der Waals surface area contributed by atoms with Crippen LogP contribution in [-0.2, 0) is 4.79 Å². The number of amides is 1. The first-order valence-electron chi connectivity index (χ1n) is 6.64. The van der Waals surface area contributed by atoms with Crippen LogP contribution >= 0.6 is 12.4 Å². The standard InChI is InChI=1S/C15H24N2O2.ClH/c1-15(2,3)19-13-9-7-12(8-10-13)17-14(18)6-5-11-16-4;/h7-10,16H,5-6,11H2,1-4H3,(H,17,18);1H. The number of rotatable bonds is 6. The number of benzene rings is 1. The molecule has 0 aliphatic heterocycles. The van der Waals surface area contributed by atoms with E-state index in [1.165, 1.54) is 0 Å². The molecule has 2 N–H and O–H groups in total. The summed E-state index contributed by atoms with van der Waals surface area (Å²) in [7, 11) is 1.88. The zero-order chi connectivity index (χ0) is 14.3. The molecule has 1 aromatic carbocycles. The van der Waals surface area contributed by atoms with Crippen LogP contribution in [0.2, 0.25) is 0 Å². The number of hydrogen-bond acceptors (Lipinski definition) is 3. The molecule has 0 saturated carbocycles. The third-order valence-electron chi connectivity index (χ3n) is 2.39. The Morgan fingerprint density at radius 2 is 1.80 bits per heavy atom. The van der Waals surface area contributed by atoms with E-state index in [2.05, 4.69) is 10.6 Å². The van der Waals surface area contributed by atoms with E-state index >= 15 is 0 Å². The van der Waals surface area contributed by atoms with Crippen LogP contribution in [0.5, 0.6) is 5.75 Å². The maximum atomic E-state index is 11.6. The van der Waals surface area contributed by atoms with Crippen molar-refractivity contribution >= 4 is 24.0 Å².